The Balaban J connectivity index is 1.10. The van der Waals surface area contributed by atoms with Gasteiger partial charge in [-0.2, -0.15) is 5.26 Å². The van der Waals surface area contributed by atoms with Gasteiger partial charge in [-0.15, -0.1) is 0 Å². The molecule has 1 unspecified atom stereocenters. The molecule has 2 amide bonds. The minimum Gasteiger partial charge on any atom is -0.480 e. The topological polar surface area (TPSA) is 129 Å². The Morgan fingerprint density at radius 1 is 1.11 bits per heavy atom. The Morgan fingerprint density at radius 3 is 2.89 bits per heavy atom. The van der Waals surface area contributed by atoms with E-state index in [2.05, 4.69) is 21.7 Å². The molecule has 10 nitrogen and oxygen atoms in total. The van der Waals surface area contributed by atoms with Crippen LogP contribution in [0.2, 0.25) is 0 Å². The number of hydrogen-bond donors (Lipinski definition) is 2. The Bertz CT molecular complexity index is 1420. The van der Waals surface area contributed by atoms with Crippen LogP contribution in [0.25, 0.3) is 11.3 Å². The molecule has 3 aliphatic rings. The summed E-state index contributed by atoms with van der Waals surface area (Å²) in [4.78, 5) is 35.2. The van der Waals surface area contributed by atoms with Gasteiger partial charge in [-0.3, -0.25) is 14.7 Å². The van der Waals surface area contributed by atoms with Crippen LogP contribution in [0.3, 0.4) is 0 Å². The van der Waals surface area contributed by atoms with E-state index in [4.69, 9.17) is 14.5 Å². The highest BCUT2D eigenvalue weighted by molar-refractivity contribution is 5.95. The van der Waals surface area contributed by atoms with Crippen molar-refractivity contribution in [2.45, 2.75) is 44.0 Å². The molecule has 1 aromatic carbocycles. The Kier molecular flexibility index (Phi) is 5.90. The van der Waals surface area contributed by atoms with Crippen LogP contribution in [0, 0.1) is 11.3 Å². The van der Waals surface area contributed by atoms with Gasteiger partial charge in [-0.1, -0.05) is 18.2 Å². The molecular formula is C27H24N6O4. The summed E-state index contributed by atoms with van der Waals surface area (Å²) in [6.07, 6.45) is 1.62. The molecule has 10 heteroatoms. The van der Waals surface area contributed by atoms with Gasteiger partial charge < -0.3 is 20.1 Å². The molecule has 186 valence electrons. The highest BCUT2D eigenvalue weighted by Gasteiger charge is 2.46. The van der Waals surface area contributed by atoms with Gasteiger partial charge in [0.25, 0.3) is 5.91 Å². The molecule has 6 rings (SSSR count). The lowest BCUT2D eigenvalue weighted by molar-refractivity contribution is -0.118. The molecule has 2 N–H and O–H groups in total. The normalized spacial score (nSPS) is 22.2. The van der Waals surface area contributed by atoms with Crippen LogP contribution in [0.1, 0.15) is 30.5 Å². The summed E-state index contributed by atoms with van der Waals surface area (Å²) in [7, 11) is 0. The molecular weight excluding hydrogens is 472 g/mol. The average Bonchev–Trinajstić information content (AvgIpc) is 3.26. The zero-order chi connectivity index (χ0) is 25.4. The van der Waals surface area contributed by atoms with E-state index in [1.54, 1.807) is 23.1 Å². The SMILES string of the molecule is N#Cc1cccc(-c2cccc(CN[C@H]3CCC4[C@H](C3)OC(=O)N4c3ccc4c(n3)NC(=O)CO4)n2)c1. The first-order valence-corrected chi connectivity index (χ1v) is 12.2. The molecule has 3 aromatic rings. The molecule has 3 atom stereocenters. The summed E-state index contributed by atoms with van der Waals surface area (Å²) < 4.78 is 11.1. The molecule has 37 heavy (non-hydrogen) atoms. The summed E-state index contributed by atoms with van der Waals surface area (Å²) >= 11 is 0. The van der Waals surface area contributed by atoms with Crippen molar-refractivity contribution in [3.05, 3.63) is 65.9 Å². The van der Waals surface area contributed by atoms with Crippen LogP contribution in [0.15, 0.2) is 54.6 Å². The first kappa shape index (κ1) is 22.9. The van der Waals surface area contributed by atoms with Crippen molar-refractivity contribution in [2.75, 3.05) is 16.8 Å². The second kappa shape index (κ2) is 9.52. The summed E-state index contributed by atoms with van der Waals surface area (Å²) in [5, 5.41) is 15.4. The number of hydrogen-bond acceptors (Lipinski definition) is 8. The summed E-state index contributed by atoms with van der Waals surface area (Å²) in [5.74, 6) is 0.960. The molecule has 4 heterocycles. The van der Waals surface area contributed by atoms with E-state index in [-0.39, 0.29) is 30.7 Å². The quantitative estimate of drug-likeness (QED) is 0.550. The number of fused-ring (bicyclic) bond motifs is 2. The zero-order valence-electron chi connectivity index (χ0n) is 19.9. The maximum atomic E-state index is 12.8. The van der Waals surface area contributed by atoms with E-state index in [1.807, 2.05) is 36.4 Å². The molecule has 1 saturated heterocycles. The van der Waals surface area contributed by atoms with Gasteiger partial charge in [-0.25, -0.2) is 9.78 Å². The Hall–Kier alpha value is -4.49. The lowest BCUT2D eigenvalue weighted by Crippen LogP contribution is -2.46. The number of carbonyl (C=O) groups excluding carboxylic acids is 2. The molecule has 0 bridgehead atoms. The molecule has 0 radical (unpaired) electrons. The van der Waals surface area contributed by atoms with Crippen molar-refractivity contribution in [1.82, 2.24) is 15.3 Å². The largest absolute Gasteiger partial charge is 0.480 e. The van der Waals surface area contributed by atoms with E-state index < -0.39 is 6.09 Å². The summed E-state index contributed by atoms with van der Waals surface area (Å²) in [5.41, 5.74) is 3.22. The van der Waals surface area contributed by atoms with E-state index in [0.29, 0.717) is 35.9 Å². The van der Waals surface area contributed by atoms with E-state index >= 15 is 0 Å². The molecule has 1 aliphatic carbocycles. The number of ether oxygens (including phenoxy) is 2. The molecule has 2 fully saturated rings. The highest BCUT2D eigenvalue weighted by atomic mass is 16.6. The van der Waals surface area contributed by atoms with E-state index in [1.165, 1.54) is 0 Å². The van der Waals surface area contributed by atoms with Gasteiger partial charge in [0.1, 0.15) is 11.9 Å². The molecule has 1 saturated carbocycles. The predicted octanol–water partition coefficient (Wildman–Crippen LogP) is 3.38. The number of carbonyl (C=O) groups is 2. The molecule has 2 aliphatic heterocycles. The standard InChI is InChI=1S/C27H24N6O4/c28-13-16-3-1-4-17(11-16)20-6-2-5-19(30-20)14-29-18-7-8-21-23(12-18)37-27(35)33(21)24-10-9-22-26(31-24)32-25(34)15-36-22/h1-6,9-11,18,21,23,29H,7-8,12,14-15H2,(H,31,32,34)/t18-,21?,23-/m0/s1. The van der Waals surface area contributed by atoms with Crippen LogP contribution in [0.5, 0.6) is 5.75 Å². The Labute approximate surface area is 213 Å². The number of amides is 2. The van der Waals surface area contributed by atoms with Crippen LogP contribution >= 0.6 is 0 Å². The van der Waals surface area contributed by atoms with Crippen molar-refractivity contribution in [1.29, 1.82) is 5.26 Å². The van der Waals surface area contributed by atoms with Crippen molar-refractivity contribution in [3.8, 4) is 23.1 Å². The van der Waals surface area contributed by atoms with Crippen molar-refractivity contribution >= 4 is 23.6 Å². The fourth-order valence-corrected chi connectivity index (χ4v) is 5.13. The monoisotopic (exact) mass is 496 g/mol. The first-order chi connectivity index (χ1) is 18.1. The zero-order valence-corrected chi connectivity index (χ0v) is 19.9. The smallest absolute Gasteiger partial charge is 0.416 e. The first-order valence-electron chi connectivity index (χ1n) is 12.2. The predicted molar refractivity (Wildman–Crippen MR) is 134 cm³/mol. The number of nitrogens with zero attached hydrogens (tertiary/aromatic N) is 4. The molecule has 0 spiro atoms. The third kappa shape index (κ3) is 4.57. The van der Waals surface area contributed by atoms with Crippen molar-refractivity contribution in [3.63, 3.8) is 0 Å². The van der Waals surface area contributed by atoms with Gasteiger partial charge in [0.05, 0.1) is 29.1 Å². The second-order valence-electron chi connectivity index (χ2n) is 9.31. The summed E-state index contributed by atoms with van der Waals surface area (Å²) in [6.45, 7) is 0.532. The maximum absolute atomic E-state index is 12.8. The fraction of sp³-hybridized carbons (Fsp3) is 0.296. The Morgan fingerprint density at radius 2 is 2.00 bits per heavy atom. The third-order valence-electron chi connectivity index (χ3n) is 6.91. The summed E-state index contributed by atoms with van der Waals surface area (Å²) in [6, 6.07) is 18.9. The lowest BCUT2D eigenvalue weighted by Gasteiger charge is -2.33. The van der Waals surface area contributed by atoms with Gasteiger partial charge >= 0.3 is 6.09 Å². The number of aromatic nitrogens is 2. The maximum Gasteiger partial charge on any atom is 0.416 e. The van der Waals surface area contributed by atoms with E-state index in [0.717, 1.165) is 29.8 Å². The van der Waals surface area contributed by atoms with Crippen LogP contribution < -0.4 is 20.3 Å². The number of anilines is 2. The van der Waals surface area contributed by atoms with Gasteiger partial charge in [0.2, 0.25) is 0 Å². The van der Waals surface area contributed by atoms with Crippen LogP contribution in [-0.4, -0.2) is 46.8 Å². The van der Waals surface area contributed by atoms with Gasteiger partial charge in [0, 0.05) is 24.6 Å². The number of pyridine rings is 2. The van der Waals surface area contributed by atoms with Crippen LogP contribution in [-0.2, 0) is 16.1 Å². The average molecular weight is 497 g/mol. The van der Waals surface area contributed by atoms with Crippen molar-refractivity contribution in [2.24, 2.45) is 0 Å². The van der Waals surface area contributed by atoms with Gasteiger partial charge in [-0.05, 0) is 49.2 Å². The number of benzene rings is 1. The highest BCUT2D eigenvalue weighted by Crippen LogP contribution is 2.37. The molecule has 2 aromatic heterocycles. The fourth-order valence-electron chi connectivity index (χ4n) is 5.13. The minimum atomic E-state index is -0.430. The third-order valence-corrected chi connectivity index (χ3v) is 6.91. The van der Waals surface area contributed by atoms with Crippen LogP contribution in [0.4, 0.5) is 16.4 Å². The number of rotatable bonds is 5. The number of nitrogens with one attached hydrogen (secondary N) is 2. The second-order valence-corrected chi connectivity index (χ2v) is 9.31. The number of nitriles is 1. The lowest BCUT2D eigenvalue weighted by atomic mass is 9.88. The minimum absolute atomic E-state index is 0.0485. The van der Waals surface area contributed by atoms with Gasteiger partial charge in [0.15, 0.2) is 18.2 Å². The van der Waals surface area contributed by atoms with Crippen molar-refractivity contribution < 1.29 is 19.1 Å². The van der Waals surface area contributed by atoms with E-state index in [9.17, 15) is 14.9 Å².